The summed E-state index contributed by atoms with van der Waals surface area (Å²) in [5.41, 5.74) is 6.10. The van der Waals surface area contributed by atoms with E-state index < -0.39 is 5.97 Å². The van der Waals surface area contributed by atoms with Crippen LogP contribution < -0.4 is 5.73 Å². The third-order valence-electron chi connectivity index (χ3n) is 2.30. The maximum atomic E-state index is 11.0. The van der Waals surface area contributed by atoms with Gasteiger partial charge in [-0.15, -0.1) is 0 Å². The maximum Gasteiger partial charge on any atom is 0.317 e. The molecule has 1 atom stereocenters. The number of nitrogens with zero attached hydrogens (tertiary/aromatic N) is 1. The number of aliphatic carboxylic acids is 1. The van der Waals surface area contributed by atoms with Crippen LogP contribution in [0.15, 0.2) is 23.4 Å². The van der Waals surface area contributed by atoms with Crippen molar-refractivity contribution < 1.29 is 9.90 Å². The number of hydrogen-bond donors (Lipinski definition) is 2. The van der Waals surface area contributed by atoms with E-state index in [4.69, 9.17) is 10.8 Å². The summed E-state index contributed by atoms with van der Waals surface area (Å²) >= 11 is 1.31. The van der Waals surface area contributed by atoms with Gasteiger partial charge in [-0.1, -0.05) is 11.8 Å². The van der Waals surface area contributed by atoms with E-state index in [1.165, 1.54) is 11.8 Å². The summed E-state index contributed by atoms with van der Waals surface area (Å²) in [6, 6.07) is 3.50. The SMILES string of the molecule is Nc1ccc(SC(C(=O)O)C2CC2)nc1. The number of carbonyl (C=O) groups is 1. The number of nitrogens with two attached hydrogens (primary N) is 1. The first-order valence-electron chi connectivity index (χ1n) is 4.78. The molecule has 4 nitrogen and oxygen atoms in total. The lowest BCUT2D eigenvalue weighted by molar-refractivity contribution is -0.136. The summed E-state index contributed by atoms with van der Waals surface area (Å²) in [7, 11) is 0. The van der Waals surface area contributed by atoms with Crippen molar-refractivity contribution in [2.24, 2.45) is 5.92 Å². The van der Waals surface area contributed by atoms with E-state index in [0.29, 0.717) is 11.6 Å². The van der Waals surface area contributed by atoms with Crippen LogP contribution in [0.5, 0.6) is 0 Å². The minimum absolute atomic E-state index is 0.312. The normalized spacial score (nSPS) is 17.3. The van der Waals surface area contributed by atoms with Crippen molar-refractivity contribution in [1.82, 2.24) is 4.98 Å². The van der Waals surface area contributed by atoms with Gasteiger partial charge in [0.15, 0.2) is 0 Å². The van der Waals surface area contributed by atoms with Crippen LogP contribution in [0.25, 0.3) is 0 Å². The lowest BCUT2D eigenvalue weighted by Gasteiger charge is -2.09. The Kier molecular flexibility index (Phi) is 2.81. The van der Waals surface area contributed by atoms with Gasteiger partial charge >= 0.3 is 5.97 Å². The molecule has 5 heteroatoms. The molecule has 1 aromatic rings. The second-order valence-electron chi connectivity index (χ2n) is 3.64. The third kappa shape index (κ3) is 2.62. The zero-order chi connectivity index (χ0) is 10.8. The fourth-order valence-electron chi connectivity index (χ4n) is 1.34. The van der Waals surface area contributed by atoms with Crippen LogP contribution in [0.3, 0.4) is 0 Å². The topological polar surface area (TPSA) is 76.2 Å². The highest BCUT2D eigenvalue weighted by molar-refractivity contribution is 8.00. The summed E-state index contributed by atoms with van der Waals surface area (Å²) in [6.07, 6.45) is 3.58. The molecule has 1 aliphatic rings. The molecule has 3 N–H and O–H groups in total. The van der Waals surface area contributed by atoms with Crippen LogP contribution in [0, 0.1) is 5.92 Å². The average molecular weight is 224 g/mol. The molecule has 1 aliphatic carbocycles. The number of rotatable bonds is 4. The van der Waals surface area contributed by atoms with E-state index >= 15 is 0 Å². The molecular formula is C10H12N2O2S. The first kappa shape index (κ1) is 10.3. The number of hydrogen-bond acceptors (Lipinski definition) is 4. The van der Waals surface area contributed by atoms with Crippen LogP contribution in [0.4, 0.5) is 5.69 Å². The molecule has 1 aromatic heterocycles. The molecule has 0 bridgehead atoms. The van der Waals surface area contributed by atoms with Crippen molar-refractivity contribution in [3.05, 3.63) is 18.3 Å². The number of carboxylic acid groups (broad SMARTS) is 1. The zero-order valence-corrected chi connectivity index (χ0v) is 8.91. The molecular weight excluding hydrogens is 212 g/mol. The average Bonchev–Trinajstić information content (AvgIpc) is 3.00. The van der Waals surface area contributed by atoms with Gasteiger partial charge in [-0.05, 0) is 30.9 Å². The number of aromatic nitrogens is 1. The smallest absolute Gasteiger partial charge is 0.317 e. The van der Waals surface area contributed by atoms with Crippen molar-refractivity contribution >= 4 is 23.4 Å². The van der Waals surface area contributed by atoms with Gasteiger partial charge in [0.25, 0.3) is 0 Å². The van der Waals surface area contributed by atoms with E-state index in [9.17, 15) is 4.79 Å². The first-order valence-corrected chi connectivity index (χ1v) is 5.66. The van der Waals surface area contributed by atoms with Crippen molar-refractivity contribution in [2.75, 3.05) is 5.73 Å². The molecule has 2 rings (SSSR count). The van der Waals surface area contributed by atoms with Gasteiger partial charge in [-0.2, -0.15) is 0 Å². The number of thioether (sulfide) groups is 1. The summed E-state index contributed by atoms with van der Waals surface area (Å²) in [6.45, 7) is 0. The Hall–Kier alpha value is -1.23. The number of pyridine rings is 1. The maximum absolute atomic E-state index is 11.0. The van der Waals surface area contributed by atoms with E-state index in [1.54, 1.807) is 18.3 Å². The van der Waals surface area contributed by atoms with Crippen LogP contribution in [-0.4, -0.2) is 21.3 Å². The summed E-state index contributed by atoms with van der Waals surface area (Å²) in [5, 5.41) is 9.39. The summed E-state index contributed by atoms with van der Waals surface area (Å²) < 4.78 is 0. The van der Waals surface area contributed by atoms with Crippen molar-refractivity contribution in [1.29, 1.82) is 0 Å². The van der Waals surface area contributed by atoms with Crippen molar-refractivity contribution in [3.63, 3.8) is 0 Å². The monoisotopic (exact) mass is 224 g/mol. The summed E-state index contributed by atoms with van der Waals surface area (Å²) in [5.74, 6) is -0.437. The standard InChI is InChI=1S/C10H12N2O2S/c11-7-3-4-8(12-5-7)15-9(10(13)14)6-1-2-6/h3-6,9H,1-2,11H2,(H,13,14). The predicted octanol–water partition coefficient (Wildman–Crippen LogP) is 1.62. The molecule has 1 saturated carbocycles. The fourth-order valence-corrected chi connectivity index (χ4v) is 2.42. The van der Waals surface area contributed by atoms with Crippen LogP contribution in [-0.2, 0) is 4.79 Å². The number of anilines is 1. The quantitative estimate of drug-likeness (QED) is 0.760. The molecule has 0 spiro atoms. The number of carboxylic acids is 1. The van der Waals surface area contributed by atoms with Crippen molar-refractivity contribution in [3.8, 4) is 0 Å². The fraction of sp³-hybridized carbons (Fsp3) is 0.400. The van der Waals surface area contributed by atoms with Crippen LogP contribution in [0.2, 0.25) is 0 Å². The van der Waals surface area contributed by atoms with E-state index in [1.807, 2.05) is 0 Å². The molecule has 1 heterocycles. The highest BCUT2D eigenvalue weighted by Gasteiger charge is 2.37. The molecule has 80 valence electrons. The molecule has 0 aliphatic heterocycles. The lowest BCUT2D eigenvalue weighted by atomic mass is 10.3. The van der Waals surface area contributed by atoms with Gasteiger partial charge < -0.3 is 10.8 Å². The third-order valence-corrected chi connectivity index (χ3v) is 3.62. The largest absolute Gasteiger partial charge is 0.480 e. The highest BCUT2D eigenvalue weighted by Crippen LogP contribution is 2.41. The van der Waals surface area contributed by atoms with Crippen LogP contribution in [0.1, 0.15) is 12.8 Å². The molecule has 15 heavy (non-hydrogen) atoms. The predicted molar refractivity (Wildman–Crippen MR) is 58.7 cm³/mol. The number of nitrogen functional groups attached to an aromatic ring is 1. The van der Waals surface area contributed by atoms with Gasteiger partial charge in [-0.3, -0.25) is 4.79 Å². The Morgan fingerprint density at radius 1 is 1.60 bits per heavy atom. The van der Waals surface area contributed by atoms with Gasteiger partial charge in [0.05, 0.1) is 16.9 Å². The second-order valence-corrected chi connectivity index (χ2v) is 4.81. The van der Waals surface area contributed by atoms with Crippen LogP contribution >= 0.6 is 11.8 Å². The Labute approximate surface area is 91.9 Å². The first-order chi connectivity index (χ1) is 7.16. The van der Waals surface area contributed by atoms with E-state index in [0.717, 1.165) is 17.9 Å². The Balaban J connectivity index is 2.05. The molecule has 1 unspecified atom stereocenters. The molecule has 0 saturated heterocycles. The Morgan fingerprint density at radius 2 is 2.33 bits per heavy atom. The van der Waals surface area contributed by atoms with Gasteiger partial charge in [0, 0.05) is 0 Å². The lowest BCUT2D eigenvalue weighted by Crippen LogP contribution is -2.18. The Morgan fingerprint density at radius 3 is 2.80 bits per heavy atom. The van der Waals surface area contributed by atoms with Gasteiger partial charge in [0.1, 0.15) is 5.25 Å². The minimum atomic E-state index is -0.749. The minimum Gasteiger partial charge on any atom is -0.480 e. The van der Waals surface area contributed by atoms with E-state index in [-0.39, 0.29) is 5.25 Å². The van der Waals surface area contributed by atoms with Crippen molar-refractivity contribution in [2.45, 2.75) is 23.1 Å². The molecule has 0 amide bonds. The van der Waals surface area contributed by atoms with Gasteiger partial charge in [-0.25, -0.2) is 4.98 Å². The second kappa shape index (κ2) is 4.10. The summed E-state index contributed by atoms with van der Waals surface area (Å²) in [4.78, 5) is 15.1. The van der Waals surface area contributed by atoms with Gasteiger partial charge in [0.2, 0.25) is 0 Å². The molecule has 1 fully saturated rings. The zero-order valence-electron chi connectivity index (χ0n) is 8.09. The Bertz CT molecular complexity index is 362. The molecule has 0 radical (unpaired) electrons. The highest BCUT2D eigenvalue weighted by atomic mass is 32.2. The van der Waals surface area contributed by atoms with E-state index in [2.05, 4.69) is 4.98 Å². The molecule has 0 aromatic carbocycles.